The molecule has 0 spiro atoms. The molecule has 0 radical (unpaired) electrons. The Hall–Kier alpha value is -1.11. The van der Waals surface area contributed by atoms with E-state index in [-0.39, 0.29) is 5.41 Å². The first-order valence-corrected chi connectivity index (χ1v) is 6.13. The highest BCUT2D eigenvalue weighted by atomic mass is 16.1. The van der Waals surface area contributed by atoms with Crippen molar-refractivity contribution in [3.05, 3.63) is 35.4 Å². The third-order valence-corrected chi connectivity index (χ3v) is 3.71. The van der Waals surface area contributed by atoms with Crippen LogP contribution in [0.4, 0.5) is 0 Å². The number of rotatable bonds is 4. The maximum Gasteiger partial charge on any atom is 0.140 e. The van der Waals surface area contributed by atoms with Gasteiger partial charge in [-0.05, 0) is 29.4 Å². The number of hydrogen-bond donors (Lipinski definition) is 0. The zero-order valence-electron chi connectivity index (χ0n) is 10.4. The van der Waals surface area contributed by atoms with E-state index in [0.717, 1.165) is 18.4 Å². The number of carbonyl (C=O) groups is 1. The second kappa shape index (κ2) is 4.04. The van der Waals surface area contributed by atoms with Crippen LogP contribution >= 0.6 is 0 Å². The number of hydrogen-bond acceptors (Lipinski definition) is 1. The average molecular weight is 216 g/mol. The Bertz CT molecular complexity index is 386. The molecule has 1 aromatic carbocycles. The van der Waals surface area contributed by atoms with E-state index in [1.165, 1.54) is 5.56 Å². The molecule has 1 aliphatic carbocycles. The van der Waals surface area contributed by atoms with Gasteiger partial charge in [0.05, 0.1) is 0 Å². The van der Waals surface area contributed by atoms with Gasteiger partial charge in [-0.3, -0.25) is 4.79 Å². The molecule has 1 aliphatic rings. The van der Waals surface area contributed by atoms with Crippen LogP contribution < -0.4 is 0 Å². The van der Waals surface area contributed by atoms with Gasteiger partial charge in [-0.1, -0.05) is 45.0 Å². The SMILES string of the molecule is CCc1ccc(CC(=O)C2CC2(C)C)cc1. The van der Waals surface area contributed by atoms with Crippen molar-refractivity contribution >= 4 is 5.78 Å². The Morgan fingerprint density at radius 1 is 1.25 bits per heavy atom. The molecule has 1 fully saturated rings. The highest BCUT2D eigenvalue weighted by molar-refractivity contribution is 5.86. The van der Waals surface area contributed by atoms with Crippen molar-refractivity contribution in [2.24, 2.45) is 11.3 Å². The third kappa shape index (κ3) is 2.34. The minimum atomic E-state index is 0.264. The van der Waals surface area contributed by atoms with Gasteiger partial charge in [0.25, 0.3) is 0 Å². The zero-order chi connectivity index (χ0) is 11.8. The van der Waals surface area contributed by atoms with Crippen molar-refractivity contribution in [1.29, 1.82) is 0 Å². The van der Waals surface area contributed by atoms with Gasteiger partial charge in [0.1, 0.15) is 5.78 Å². The van der Waals surface area contributed by atoms with Crippen molar-refractivity contribution in [2.45, 2.75) is 40.0 Å². The molecular formula is C15H20O. The Morgan fingerprint density at radius 3 is 2.19 bits per heavy atom. The van der Waals surface area contributed by atoms with Crippen LogP contribution in [0.25, 0.3) is 0 Å². The van der Waals surface area contributed by atoms with Crippen LogP contribution in [0.1, 0.15) is 38.3 Å². The Balaban J connectivity index is 1.96. The van der Waals surface area contributed by atoms with E-state index in [1.54, 1.807) is 0 Å². The lowest BCUT2D eigenvalue weighted by molar-refractivity contribution is -0.120. The van der Waals surface area contributed by atoms with Crippen molar-refractivity contribution in [3.8, 4) is 0 Å². The van der Waals surface area contributed by atoms with E-state index in [4.69, 9.17) is 0 Å². The van der Waals surface area contributed by atoms with Crippen LogP contribution in [0.5, 0.6) is 0 Å². The molecule has 0 heterocycles. The molecule has 16 heavy (non-hydrogen) atoms. The number of ketones is 1. The fourth-order valence-electron chi connectivity index (χ4n) is 2.23. The summed E-state index contributed by atoms with van der Waals surface area (Å²) < 4.78 is 0. The Labute approximate surface area is 97.9 Å². The Kier molecular flexibility index (Phi) is 2.88. The normalized spacial score (nSPS) is 21.8. The van der Waals surface area contributed by atoms with Gasteiger partial charge in [-0.2, -0.15) is 0 Å². The molecule has 1 unspecified atom stereocenters. The summed E-state index contributed by atoms with van der Waals surface area (Å²) in [5, 5.41) is 0. The molecule has 86 valence electrons. The summed E-state index contributed by atoms with van der Waals surface area (Å²) in [6, 6.07) is 8.43. The summed E-state index contributed by atoms with van der Waals surface area (Å²) in [7, 11) is 0. The van der Waals surface area contributed by atoms with Crippen molar-refractivity contribution in [2.75, 3.05) is 0 Å². The second-order valence-electron chi connectivity index (χ2n) is 5.56. The summed E-state index contributed by atoms with van der Waals surface area (Å²) in [6.45, 7) is 6.50. The fourth-order valence-corrected chi connectivity index (χ4v) is 2.23. The lowest BCUT2D eigenvalue weighted by atomic mass is 10.0. The summed E-state index contributed by atoms with van der Waals surface area (Å²) in [6.07, 6.45) is 2.74. The van der Waals surface area contributed by atoms with Crippen LogP contribution in [0.3, 0.4) is 0 Å². The summed E-state index contributed by atoms with van der Waals surface area (Å²) in [5.41, 5.74) is 2.76. The average Bonchev–Trinajstić information content (AvgIpc) is 2.89. The van der Waals surface area contributed by atoms with E-state index in [1.807, 2.05) is 0 Å². The van der Waals surface area contributed by atoms with Gasteiger partial charge in [0.2, 0.25) is 0 Å². The van der Waals surface area contributed by atoms with Crippen molar-refractivity contribution in [3.63, 3.8) is 0 Å². The maximum absolute atomic E-state index is 11.9. The summed E-state index contributed by atoms with van der Waals surface area (Å²) >= 11 is 0. The van der Waals surface area contributed by atoms with Crippen molar-refractivity contribution < 1.29 is 4.79 Å². The van der Waals surface area contributed by atoms with E-state index in [9.17, 15) is 4.79 Å². The van der Waals surface area contributed by atoms with Crippen LogP contribution in [0.2, 0.25) is 0 Å². The van der Waals surface area contributed by atoms with Crippen molar-refractivity contribution in [1.82, 2.24) is 0 Å². The first kappa shape index (κ1) is 11.4. The molecule has 1 aromatic rings. The molecule has 0 bridgehead atoms. The summed E-state index contributed by atoms with van der Waals surface area (Å²) in [4.78, 5) is 11.9. The maximum atomic E-state index is 11.9. The largest absolute Gasteiger partial charge is 0.299 e. The predicted molar refractivity (Wildman–Crippen MR) is 66.4 cm³/mol. The number of carbonyl (C=O) groups excluding carboxylic acids is 1. The fraction of sp³-hybridized carbons (Fsp3) is 0.533. The molecular weight excluding hydrogens is 196 g/mol. The van der Waals surface area contributed by atoms with E-state index in [0.29, 0.717) is 18.1 Å². The smallest absolute Gasteiger partial charge is 0.140 e. The molecule has 1 atom stereocenters. The van der Waals surface area contributed by atoms with Gasteiger partial charge in [0.15, 0.2) is 0 Å². The molecule has 0 aromatic heterocycles. The molecule has 1 nitrogen and oxygen atoms in total. The van der Waals surface area contributed by atoms with Gasteiger partial charge < -0.3 is 0 Å². The van der Waals surface area contributed by atoms with Crippen LogP contribution in [0.15, 0.2) is 24.3 Å². The number of Topliss-reactive ketones (excluding diaryl/α,β-unsaturated/α-hetero) is 1. The van der Waals surface area contributed by atoms with Crippen LogP contribution in [-0.4, -0.2) is 5.78 Å². The lowest BCUT2D eigenvalue weighted by Gasteiger charge is -2.04. The minimum Gasteiger partial charge on any atom is -0.299 e. The number of benzene rings is 1. The quantitative estimate of drug-likeness (QED) is 0.754. The van der Waals surface area contributed by atoms with Gasteiger partial charge in [-0.15, -0.1) is 0 Å². The molecule has 1 heteroatoms. The minimum absolute atomic E-state index is 0.264. The van der Waals surface area contributed by atoms with Gasteiger partial charge >= 0.3 is 0 Å². The zero-order valence-corrected chi connectivity index (χ0v) is 10.4. The van der Waals surface area contributed by atoms with Crippen LogP contribution in [0, 0.1) is 11.3 Å². The molecule has 0 N–H and O–H groups in total. The van der Waals surface area contributed by atoms with E-state index >= 15 is 0 Å². The topological polar surface area (TPSA) is 17.1 Å². The van der Waals surface area contributed by atoms with Crippen LogP contribution in [-0.2, 0) is 17.6 Å². The molecule has 2 rings (SSSR count). The van der Waals surface area contributed by atoms with Gasteiger partial charge in [0, 0.05) is 12.3 Å². The highest BCUT2D eigenvalue weighted by Crippen LogP contribution is 2.52. The summed E-state index contributed by atoms with van der Waals surface area (Å²) in [5.74, 6) is 0.715. The first-order valence-electron chi connectivity index (χ1n) is 6.13. The molecule has 0 amide bonds. The van der Waals surface area contributed by atoms with E-state index in [2.05, 4.69) is 45.0 Å². The predicted octanol–water partition coefficient (Wildman–Crippen LogP) is 3.41. The number of aryl methyl sites for hydroxylation is 1. The second-order valence-corrected chi connectivity index (χ2v) is 5.56. The molecule has 1 saturated carbocycles. The first-order chi connectivity index (χ1) is 7.53. The molecule has 0 saturated heterocycles. The monoisotopic (exact) mass is 216 g/mol. The standard InChI is InChI=1S/C15H20O/c1-4-11-5-7-12(8-6-11)9-14(16)13-10-15(13,2)3/h5-8,13H,4,9-10H2,1-3H3. The molecule has 0 aliphatic heterocycles. The third-order valence-electron chi connectivity index (χ3n) is 3.71. The van der Waals surface area contributed by atoms with E-state index < -0.39 is 0 Å². The highest BCUT2D eigenvalue weighted by Gasteiger charge is 2.49. The lowest BCUT2D eigenvalue weighted by Crippen LogP contribution is -2.09. The van der Waals surface area contributed by atoms with Gasteiger partial charge in [-0.25, -0.2) is 0 Å². The Morgan fingerprint density at radius 2 is 1.75 bits per heavy atom.